The highest BCUT2D eigenvalue weighted by Gasteiger charge is 2.26. The fourth-order valence-electron chi connectivity index (χ4n) is 0.890. The van der Waals surface area contributed by atoms with Crippen LogP contribution in [-0.4, -0.2) is 25.3 Å². The second-order valence-corrected chi connectivity index (χ2v) is 4.55. The highest BCUT2D eigenvalue weighted by molar-refractivity contribution is 7.91. The van der Waals surface area contributed by atoms with Crippen LogP contribution in [0.5, 0.6) is 0 Å². The lowest BCUT2D eigenvalue weighted by molar-refractivity contribution is 0.0697. The molecular weight excluding hydrogens is 230 g/mol. The smallest absolute Gasteiger partial charge is 0.341 e. The average Bonchev–Trinajstić information content (AvgIpc) is 2.17. The van der Waals surface area contributed by atoms with Crippen LogP contribution < -0.4 is 0 Å². The van der Waals surface area contributed by atoms with Gasteiger partial charge in [0.15, 0.2) is 0 Å². The molecule has 1 N–H and O–H groups in total. The minimum absolute atomic E-state index is 0.164. The van der Waals surface area contributed by atoms with E-state index in [0.717, 1.165) is 24.3 Å². The van der Waals surface area contributed by atoms with E-state index in [9.17, 15) is 22.0 Å². The van der Waals surface area contributed by atoms with Gasteiger partial charge >= 0.3 is 11.7 Å². The molecule has 0 unspecified atom stereocenters. The summed E-state index contributed by atoms with van der Waals surface area (Å²) in [5.41, 5.74) is -0.164. The number of halogens is 2. The lowest BCUT2D eigenvalue weighted by atomic mass is 10.2. The second kappa shape index (κ2) is 3.93. The molecule has 0 saturated heterocycles. The summed E-state index contributed by atoms with van der Waals surface area (Å²) in [6.07, 6.45) is 0. The van der Waals surface area contributed by atoms with Crippen molar-refractivity contribution in [1.82, 2.24) is 0 Å². The monoisotopic (exact) mass is 236 g/mol. The van der Waals surface area contributed by atoms with Crippen LogP contribution in [0.2, 0.25) is 0 Å². The fourth-order valence-corrected chi connectivity index (χ4v) is 1.61. The van der Waals surface area contributed by atoms with Gasteiger partial charge in [0.05, 0.1) is 10.5 Å². The molecule has 0 aliphatic carbocycles. The van der Waals surface area contributed by atoms with Crippen molar-refractivity contribution in [2.45, 2.75) is 10.7 Å². The van der Waals surface area contributed by atoms with E-state index in [1.165, 1.54) is 0 Å². The zero-order valence-corrected chi connectivity index (χ0v) is 8.04. The summed E-state index contributed by atoms with van der Waals surface area (Å²) in [7, 11) is -4.65. The Kier molecular flexibility index (Phi) is 3.04. The number of carbonyl (C=O) groups is 1. The first-order valence-corrected chi connectivity index (χ1v) is 5.26. The van der Waals surface area contributed by atoms with Gasteiger partial charge in [0, 0.05) is 0 Å². The van der Waals surface area contributed by atoms with E-state index in [-0.39, 0.29) is 5.56 Å². The maximum Gasteiger partial charge on any atom is 0.341 e. The Balaban J connectivity index is 3.15. The topological polar surface area (TPSA) is 71.4 Å². The van der Waals surface area contributed by atoms with Gasteiger partial charge in [-0.1, -0.05) is 0 Å². The molecule has 0 radical (unpaired) electrons. The number of alkyl halides is 2. The van der Waals surface area contributed by atoms with E-state index in [4.69, 9.17) is 5.11 Å². The van der Waals surface area contributed by atoms with Crippen LogP contribution in [0.25, 0.3) is 0 Å². The highest BCUT2D eigenvalue weighted by atomic mass is 32.2. The fraction of sp³-hybridized carbons (Fsp3) is 0.125. The number of benzene rings is 1. The molecule has 1 aromatic carbocycles. The number of sulfone groups is 1. The third-order valence-electron chi connectivity index (χ3n) is 1.66. The van der Waals surface area contributed by atoms with Crippen molar-refractivity contribution in [2.24, 2.45) is 0 Å². The van der Waals surface area contributed by atoms with Crippen molar-refractivity contribution in [1.29, 1.82) is 0 Å². The molecule has 1 aromatic rings. The van der Waals surface area contributed by atoms with Gasteiger partial charge in [-0.2, -0.15) is 8.78 Å². The Hall–Kier alpha value is -1.50. The van der Waals surface area contributed by atoms with E-state index >= 15 is 0 Å². The van der Waals surface area contributed by atoms with Crippen LogP contribution in [0, 0.1) is 0 Å². The van der Waals surface area contributed by atoms with E-state index in [1.807, 2.05) is 0 Å². The maximum atomic E-state index is 12.1. The normalized spacial score (nSPS) is 11.7. The molecule has 0 bridgehead atoms. The van der Waals surface area contributed by atoms with Crippen LogP contribution >= 0.6 is 0 Å². The van der Waals surface area contributed by atoms with Crippen LogP contribution in [0.1, 0.15) is 10.4 Å². The van der Waals surface area contributed by atoms with Crippen molar-refractivity contribution < 1.29 is 27.1 Å². The zero-order valence-electron chi connectivity index (χ0n) is 7.22. The highest BCUT2D eigenvalue weighted by Crippen LogP contribution is 2.18. The molecule has 15 heavy (non-hydrogen) atoms. The Morgan fingerprint density at radius 2 is 1.67 bits per heavy atom. The largest absolute Gasteiger partial charge is 0.478 e. The van der Waals surface area contributed by atoms with Gasteiger partial charge in [-0.15, -0.1) is 0 Å². The number of hydrogen-bond donors (Lipinski definition) is 1. The summed E-state index contributed by atoms with van der Waals surface area (Å²) in [6, 6.07) is 3.59. The van der Waals surface area contributed by atoms with Crippen molar-refractivity contribution in [3.8, 4) is 0 Å². The molecule has 0 aromatic heterocycles. The van der Waals surface area contributed by atoms with E-state index in [0.29, 0.717) is 0 Å². The molecule has 0 aliphatic rings. The Morgan fingerprint density at radius 3 is 2.00 bits per heavy atom. The van der Waals surface area contributed by atoms with Crippen LogP contribution in [0.4, 0.5) is 8.78 Å². The summed E-state index contributed by atoms with van der Waals surface area (Å²) < 4.78 is 45.9. The van der Waals surface area contributed by atoms with Gasteiger partial charge in [0.2, 0.25) is 9.84 Å². The minimum Gasteiger partial charge on any atom is -0.478 e. The number of hydrogen-bond acceptors (Lipinski definition) is 3. The van der Waals surface area contributed by atoms with Gasteiger partial charge in [-0.25, -0.2) is 13.2 Å². The number of rotatable bonds is 3. The van der Waals surface area contributed by atoms with Crippen LogP contribution in [0.15, 0.2) is 29.2 Å². The number of carboxylic acid groups (broad SMARTS) is 1. The zero-order chi connectivity index (χ0) is 11.6. The SMILES string of the molecule is O=C(O)c1ccc(S(=O)(=O)C(F)F)cc1. The second-order valence-electron chi connectivity index (χ2n) is 2.64. The Labute approximate surface area is 84.1 Å². The van der Waals surface area contributed by atoms with Gasteiger partial charge < -0.3 is 5.11 Å². The molecule has 0 amide bonds. The molecule has 4 nitrogen and oxygen atoms in total. The van der Waals surface area contributed by atoms with E-state index < -0.39 is 26.5 Å². The third-order valence-corrected chi connectivity index (χ3v) is 3.06. The Bertz CT molecular complexity index is 464. The molecule has 0 heterocycles. The van der Waals surface area contributed by atoms with Crippen molar-refractivity contribution in [3.05, 3.63) is 29.8 Å². The third kappa shape index (κ3) is 2.30. The van der Waals surface area contributed by atoms with Crippen molar-refractivity contribution in [2.75, 3.05) is 0 Å². The first-order valence-electron chi connectivity index (χ1n) is 3.71. The summed E-state index contributed by atoms with van der Waals surface area (Å²) >= 11 is 0. The van der Waals surface area contributed by atoms with Gasteiger partial charge in [-0.05, 0) is 24.3 Å². The summed E-state index contributed by atoms with van der Waals surface area (Å²) in [4.78, 5) is 9.80. The van der Waals surface area contributed by atoms with Crippen LogP contribution in [-0.2, 0) is 9.84 Å². The first-order chi connectivity index (χ1) is 6.85. The van der Waals surface area contributed by atoms with Gasteiger partial charge in [-0.3, -0.25) is 0 Å². The van der Waals surface area contributed by atoms with Crippen LogP contribution in [0.3, 0.4) is 0 Å². The lowest BCUT2D eigenvalue weighted by Gasteiger charge is -2.02. The molecule has 0 aliphatic heterocycles. The predicted molar refractivity (Wildman–Crippen MR) is 46.6 cm³/mol. The maximum absolute atomic E-state index is 12.1. The number of carboxylic acids is 1. The van der Waals surface area contributed by atoms with E-state index in [2.05, 4.69) is 0 Å². The van der Waals surface area contributed by atoms with E-state index in [1.54, 1.807) is 0 Å². The molecule has 7 heteroatoms. The molecular formula is C8H6F2O4S. The van der Waals surface area contributed by atoms with Gasteiger partial charge in [0.1, 0.15) is 0 Å². The number of aromatic carboxylic acids is 1. The molecule has 0 atom stereocenters. The molecule has 0 spiro atoms. The standard InChI is InChI=1S/C8H6F2O4S/c9-8(10)15(13,14)6-3-1-5(2-4-6)7(11)12/h1-4,8H,(H,11,12). The lowest BCUT2D eigenvalue weighted by Crippen LogP contribution is -2.11. The molecule has 0 saturated carbocycles. The first kappa shape index (κ1) is 11.6. The molecule has 1 rings (SSSR count). The quantitative estimate of drug-likeness (QED) is 0.860. The molecule has 0 fully saturated rings. The van der Waals surface area contributed by atoms with Crippen molar-refractivity contribution in [3.63, 3.8) is 0 Å². The predicted octanol–water partition coefficient (Wildman–Crippen LogP) is 1.38. The summed E-state index contributed by atoms with van der Waals surface area (Å²) in [5, 5.41) is 8.49. The van der Waals surface area contributed by atoms with Gasteiger partial charge in [0.25, 0.3) is 0 Å². The minimum atomic E-state index is -4.65. The summed E-state index contributed by atoms with van der Waals surface area (Å²) in [6.45, 7) is 0. The summed E-state index contributed by atoms with van der Waals surface area (Å²) in [5.74, 6) is -4.76. The average molecular weight is 236 g/mol. The molecule has 82 valence electrons. The Morgan fingerprint density at radius 1 is 1.20 bits per heavy atom. The van der Waals surface area contributed by atoms with Crippen molar-refractivity contribution >= 4 is 15.8 Å².